The molecule has 5 fully saturated rings. The normalized spacial score (nSPS) is 27.5. The molecule has 4 aromatic heterocycles. The third kappa shape index (κ3) is 23.7. The molecule has 21 atom stereocenters. The molecule has 7 aromatic rings. The number of methoxy groups -OCH3 is 2. The quantitative estimate of drug-likeness (QED) is 0.0134. The fourth-order valence-electron chi connectivity index (χ4n) is 14.9. The van der Waals surface area contributed by atoms with Crippen molar-refractivity contribution in [2.75, 3.05) is 47.3 Å². The van der Waals surface area contributed by atoms with Gasteiger partial charge < -0.3 is 104 Å². The molecule has 6 aliphatic heterocycles. The molecule has 5 saturated heterocycles. The average Bonchev–Trinajstić information content (AvgIpc) is 1.58. The molecular formula is C74H93N10O33P5S5. The fraction of sp³-hybridized carbons (Fsp3) is 0.500. The van der Waals surface area contributed by atoms with Gasteiger partial charge in [0, 0.05) is 85.3 Å². The number of nitrogens with zero attached hydrogens (tertiary/aromatic N) is 5. The van der Waals surface area contributed by atoms with Crippen LogP contribution in [0.4, 0.5) is 4.79 Å². The van der Waals surface area contributed by atoms with Crippen LogP contribution in [0.3, 0.4) is 0 Å². The van der Waals surface area contributed by atoms with Gasteiger partial charge >= 0.3 is 62.5 Å². The van der Waals surface area contributed by atoms with Gasteiger partial charge in [0.25, 0.3) is 22.2 Å². The molecule has 0 bridgehead atoms. The highest BCUT2D eigenvalue weighted by molar-refractivity contribution is 8.44. The largest absolute Gasteiger partial charge is 0.497 e. The van der Waals surface area contributed by atoms with Crippen LogP contribution in [0.1, 0.15) is 117 Å². The van der Waals surface area contributed by atoms with Crippen molar-refractivity contribution in [2.45, 2.75) is 191 Å². The number of carbonyl (C=O) groups excluding carboxylic acids is 1. The van der Waals surface area contributed by atoms with E-state index in [0.29, 0.717) is 28.2 Å². The van der Waals surface area contributed by atoms with E-state index < -0.39 is 221 Å². The number of nitrogens with one attached hydrogen (secondary N) is 5. The maximum absolute atomic E-state index is 15.0. The molecule has 10 N–H and O–H groups in total. The molecule has 6 unspecified atom stereocenters. The number of aliphatic hydroxyl groups is 1. The van der Waals surface area contributed by atoms with Gasteiger partial charge in [-0.1, -0.05) is 66.8 Å². The van der Waals surface area contributed by atoms with Crippen LogP contribution >= 0.6 is 45.9 Å². The Morgan fingerprint density at radius 2 is 0.756 bits per heavy atom. The molecule has 6 aliphatic rings. The molecule has 0 radical (unpaired) electrons. The van der Waals surface area contributed by atoms with Gasteiger partial charge in [0.05, 0.1) is 77.8 Å². The van der Waals surface area contributed by atoms with Crippen LogP contribution in [0.5, 0.6) is 11.5 Å². The Hall–Kier alpha value is -6.67. The van der Waals surface area contributed by atoms with Gasteiger partial charge in [-0.15, -0.1) is 0 Å². The van der Waals surface area contributed by atoms with Crippen LogP contribution < -0.4 is 59.8 Å². The van der Waals surface area contributed by atoms with Crippen molar-refractivity contribution in [3.63, 3.8) is 0 Å². The van der Waals surface area contributed by atoms with Crippen molar-refractivity contribution in [1.29, 1.82) is 0 Å². The Labute approximate surface area is 747 Å². The summed E-state index contributed by atoms with van der Waals surface area (Å²) in [6, 6.07) is 22.7. The number of H-pyrrole nitrogens is 4. The zero-order chi connectivity index (χ0) is 91.7. The SMILES string of the molecule is COc1ccc(C(OC[C@H]2O[C@@H](n3cc(C)c(=O)[nH]c3=O)C[C@@H]2OP(O)(=S)OC[C@H]2O[C@@H](n3cc(C)c(=O)[nH]c3=O)C[C@@H]2OP(=O)(S)OC[C@H]2O[C@@H](N3C=C(C)C(O)NC3=O)C[C@@H]2OP(O)(=S)OC[C@H]2O[C@@H](n3cc(C)c(=O)[nH]c3=O)C[C@@H]2OP(O)(=S)OC[C@H]2O[C@@H](n3cc(C)c(=O)[nH]c3=O)C[C@@H]2OP(O)(=S)OC(C)C)(c2ccccc2)c2ccc(OC)cc2)cc1. The molecule has 692 valence electrons. The number of urea groups is 1. The van der Waals surface area contributed by atoms with Crippen LogP contribution in [0, 0.1) is 27.7 Å². The minimum absolute atomic E-state index is 0.0677. The number of carbonyl (C=O) groups is 1. The highest BCUT2D eigenvalue weighted by Crippen LogP contribution is 2.59. The third-order valence-electron chi connectivity index (χ3n) is 21.2. The van der Waals surface area contributed by atoms with Crippen LogP contribution in [0.25, 0.3) is 0 Å². The second-order valence-corrected chi connectivity index (χ2v) is 44.6. The Morgan fingerprint density at radius 3 is 1.10 bits per heavy atom. The third-order valence-corrected chi connectivity index (χ3v) is 29.4. The van der Waals surface area contributed by atoms with E-state index in [1.165, 1.54) is 79.8 Å². The minimum Gasteiger partial charge on any atom is -0.497 e. The second kappa shape index (κ2) is 40.4. The van der Waals surface area contributed by atoms with Crippen molar-refractivity contribution >= 4 is 99.2 Å². The van der Waals surface area contributed by atoms with Gasteiger partial charge in [-0.2, -0.15) is 0 Å². The molecular weight excluding hydrogens is 1870 g/mol. The number of aliphatic hydroxyl groups excluding tert-OH is 1. The predicted octanol–water partition coefficient (Wildman–Crippen LogP) is 5.28. The highest BCUT2D eigenvalue weighted by atomic mass is 32.7. The Kier molecular flexibility index (Phi) is 31.1. The monoisotopic (exact) mass is 1960 g/mol. The lowest BCUT2D eigenvalue weighted by Gasteiger charge is -2.37. The summed E-state index contributed by atoms with van der Waals surface area (Å²) in [5.74, 6) is 1.09. The van der Waals surface area contributed by atoms with E-state index in [-0.39, 0.29) is 66.5 Å². The van der Waals surface area contributed by atoms with Gasteiger partial charge in [-0.25, -0.2) is 28.5 Å². The Balaban J connectivity index is 0.730. The van der Waals surface area contributed by atoms with E-state index in [1.807, 2.05) is 54.6 Å². The molecule has 53 heteroatoms. The molecule has 3 aromatic carbocycles. The standard InChI is InChI=1S/C74H93N10O33P5S5/c1-38(2)112-122(99,127)117-53-27-63(84-32-43(7)68(89)79-73(84)94)111-58(53)37-106-121(98,126)116-52-26-62(83-31-42(6)67(88)78-72(83)93)110-57(52)36-105-120(97,125)115-51-25-61(82-30-41(5)66(87)77-71(82)92)109-56(51)35-104-119(96,124)114-50-24-60(81-29-40(4)65(86)76-70(81)91)108-55(50)34-103-118(95,123)113-49-23-59(80-28-39(3)64(85)75-69(80)90)107-54(49)33-102-74(44-13-11-10-12-14-44,45-15-19-47(100-8)20-16-45)46-17-21-48(101-9)22-18-46/h10-22,28-32,38,49-63,66,87H,23-27,33-37H2,1-9H3,(H,77,92)(H,95,123)(H,96,124)(H,97,125)(H,98,126)(H,99,127)(H,75,85,90)(H,76,86,91)(H,78,88,93)(H,79,89,94)/t49-,50-,51-,52-,53-,54+,55+,56+,57+,58+,59+,60+,61+,62+,63+,66?,118?,119?,120?,121?,122?/m0/s1. The van der Waals surface area contributed by atoms with Crippen LogP contribution in [-0.4, -0.2) is 201 Å². The molecule has 2 amide bonds. The number of hydrogen-bond donors (Lipinski definition) is 11. The van der Waals surface area contributed by atoms with Crippen LogP contribution in [-0.2, 0) is 131 Å². The predicted molar refractivity (Wildman–Crippen MR) is 467 cm³/mol. The van der Waals surface area contributed by atoms with Crippen molar-refractivity contribution in [3.8, 4) is 11.5 Å². The van der Waals surface area contributed by atoms with Crippen molar-refractivity contribution in [1.82, 2.24) is 48.4 Å². The van der Waals surface area contributed by atoms with Gasteiger partial charge in [0.15, 0.2) is 6.23 Å². The number of thiol groups is 1. The second-order valence-electron chi connectivity index (χ2n) is 30.6. The smallest absolute Gasteiger partial charge is 0.386 e. The highest BCUT2D eigenvalue weighted by Gasteiger charge is 2.51. The van der Waals surface area contributed by atoms with Crippen molar-refractivity contribution < 1.29 is 117 Å². The summed E-state index contributed by atoms with van der Waals surface area (Å²) in [4.78, 5) is 175. The van der Waals surface area contributed by atoms with Gasteiger partial charge in [-0.3, -0.25) is 71.3 Å². The number of aromatic nitrogens is 8. The first-order valence-corrected chi connectivity index (χ1v) is 52.3. The summed E-state index contributed by atoms with van der Waals surface area (Å²) < 4.78 is 129. The molecule has 10 heterocycles. The summed E-state index contributed by atoms with van der Waals surface area (Å²) in [7, 11) is 3.05. The van der Waals surface area contributed by atoms with E-state index in [0.717, 1.165) is 23.2 Å². The molecule has 0 aliphatic carbocycles. The topological polar surface area (TPSA) is 536 Å². The summed E-state index contributed by atoms with van der Waals surface area (Å²) in [5, 5.41) is 12.9. The van der Waals surface area contributed by atoms with E-state index in [2.05, 4.69) is 37.5 Å². The van der Waals surface area contributed by atoms with Crippen molar-refractivity contribution in [2.24, 2.45) is 0 Å². The maximum atomic E-state index is 15.0. The van der Waals surface area contributed by atoms with E-state index in [1.54, 1.807) is 38.1 Å². The Morgan fingerprint density at radius 1 is 0.449 bits per heavy atom. The van der Waals surface area contributed by atoms with Gasteiger partial charge in [-0.05, 0) is 142 Å². The Bertz CT molecular complexity index is 5960. The lowest BCUT2D eigenvalue weighted by atomic mass is 9.80. The van der Waals surface area contributed by atoms with E-state index in [4.69, 9.17) is 130 Å². The lowest BCUT2D eigenvalue weighted by Crippen LogP contribution is -2.51. The fourth-order valence-corrected chi connectivity index (χ4v) is 22.9. The number of aromatic amines is 4. The van der Waals surface area contributed by atoms with Crippen LogP contribution in [0.15, 0.2) is 154 Å². The molecule has 0 saturated carbocycles. The molecule has 13 rings (SSSR count). The molecule has 0 spiro atoms. The average molecular weight is 1970 g/mol. The van der Waals surface area contributed by atoms with Gasteiger partial charge in [0.2, 0.25) is 0 Å². The van der Waals surface area contributed by atoms with Crippen LogP contribution in [0.2, 0.25) is 0 Å². The number of hydrogen-bond acceptors (Lipinski definition) is 33. The molecule has 43 nitrogen and oxygen atoms in total. The first kappa shape index (κ1) is 97.8. The first-order chi connectivity index (χ1) is 59.9. The summed E-state index contributed by atoms with van der Waals surface area (Å²) in [6.45, 7) is -15.8. The van der Waals surface area contributed by atoms with E-state index in [9.17, 15) is 72.4 Å². The van der Waals surface area contributed by atoms with Crippen molar-refractivity contribution in [3.05, 3.63) is 238 Å². The maximum Gasteiger partial charge on any atom is 0.386 e. The number of amides is 2. The number of rotatable bonds is 37. The van der Waals surface area contributed by atoms with Gasteiger partial charge in [0.1, 0.15) is 84.9 Å². The number of aryl methyl sites for hydroxylation is 4. The van der Waals surface area contributed by atoms with E-state index >= 15 is 0 Å². The summed E-state index contributed by atoms with van der Waals surface area (Å²) in [5.41, 5.74) is -5.22. The lowest BCUT2D eigenvalue weighted by molar-refractivity contribution is -0.0936. The minimum atomic E-state index is -4.86. The summed E-state index contributed by atoms with van der Waals surface area (Å²) >= 11 is 26.6. The first-order valence-electron chi connectivity index (χ1n) is 39.2. The summed E-state index contributed by atoms with van der Waals surface area (Å²) in [6.07, 6.45) is -17.6. The zero-order valence-electron chi connectivity index (χ0n) is 69.0. The number of benzene rings is 3. The zero-order valence-corrected chi connectivity index (χ0v) is 77.6. The number of ether oxygens (including phenoxy) is 8. The molecule has 127 heavy (non-hydrogen) atoms.